The van der Waals surface area contributed by atoms with Crippen molar-refractivity contribution in [1.82, 2.24) is 4.90 Å². The molecule has 1 atom stereocenters. The summed E-state index contributed by atoms with van der Waals surface area (Å²) in [6.45, 7) is 6.41. The van der Waals surface area contributed by atoms with Crippen LogP contribution in [-0.4, -0.2) is 36.2 Å². The lowest BCUT2D eigenvalue weighted by Gasteiger charge is -2.32. The maximum absolute atomic E-state index is 8.90. The van der Waals surface area contributed by atoms with Crippen molar-refractivity contribution in [2.24, 2.45) is 5.92 Å². The minimum Gasteiger partial charge on any atom is -0.396 e. The molecule has 84 valence electrons. The summed E-state index contributed by atoms with van der Waals surface area (Å²) in [6, 6.07) is 0. The van der Waals surface area contributed by atoms with Gasteiger partial charge < -0.3 is 10.0 Å². The number of nitrogens with zero attached hydrogens (tertiary/aromatic N) is 1. The predicted molar refractivity (Wildman–Crippen MR) is 60.4 cm³/mol. The topological polar surface area (TPSA) is 23.5 Å². The average Bonchev–Trinajstić information content (AvgIpc) is 2.19. The van der Waals surface area contributed by atoms with Crippen LogP contribution in [0.4, 0.5) is 0 Å². The molecule has 1 saturated heterocycles. The Balaban J connectivity index is 2.12. The van der Waals surface area contributed by atoms with E-state index in [1.54, 1.807) is 0 Å². The quantitative estimate of drug-likeness (QED) is 0.663. The van der Waals surface area contributed by atoms with E-state index in [-0.39, 0.29) is 0 Å². The lowest BCUT2D eigenvalue weighted by molar-refractivity contribution is 0.146. The molecule has 1 aliphatic rings. The molecule has 1 rings (SSSR count). The lowest BCUT2D eigenvalue weighted by atomic mass is 9.95. The lowest BCUT2D eigenvalue weighted by Crippen LogP contribution is -2.36. The molecule has 0 aromatic rings. The molecule has 1 N–H and O–H groups in total. The first kappa shape index (κ1) is 12.0. The van der Waals surface area contributed by atoms with Gasteiger partial charge in [0.2, 0.25) is 0 Å². The van der Waals surface area contributed by atoms with Crippen molar-refractivity contribution >= 4 is 0 Å². The zero-order valence-electron chi connectivity index (χ0n) is 9.54. The Hall–Kier alpha value is -0.0800. The number of hydrogen-bond acceptors (Lipinski definition) is 2. The van der Waals surface area contributed by atoms with E-state index in [0.717, 1.165) is 12.3 Å². The molecular formula is C12H25NO. The molecule has 0 radical (unpaired) electrons. The van der Waals surface area contributed by atoms with Gasteiger partial charge in [-0.2, -0.15) is 0 Å². The minimum atomic E-state index is 0.369. The van der Waals surface area contributed by atoms with Gasteiger partial charge in [-0.05, 0) is 44.7 Å². The monoisotopic (exact) mass is 199 g/mol. The summed E-state index contributed by atoms with van der Waals surface area (Å²) in [5, 5.41) is 8.90. The summed E-state index contributed by atoms with van der Waals surface area (Å²) in [5.41, 5.74) is 0. The number of aliphatic hydroxyl groups is 1. The largest absolute Gasteiger partial charge is 0.396 e. The minimum absolute atomic E-state index is 0.369. The molecule has 1 heterocycles. The summed E-state index contributed by atoms with van der Waals surface area (Å²) in [4.78, 5) is 2.58. The van der Waals surface area contributed by atoms with Gasteiger partial charge in [0.15, 0.2) is 0 Å². The molecule has 1 unspecified atom stereocenters. The van der Waals surface area contributed by atoms with Crippen molar-refractivity contribution < 1.29 is 5.11 Å². The number of rotatable bonds is 6. The molecular weight excluding hydrogens is 174 g/mol. The van der Waals surface area contributed by atoms with Gasteiger partial charge in [0.05, 0.1) is 0 Å². The van der Waals surface area contributed by atoms with Gasteiger partial charge in [0, 0.05) is 13.2 Å². The summed E-state index contributed by atoms with van der Waals surface area (Å²) in [6.07, 6.45) is 7.68. The molecule has 0 aliphatic carbocycles. The van der Waals surface area contributed by atoms with Crippen molar-refractivity contribution in [2.45, 2.75) is 45.4 Å². The maximum Gasteiger partial charge on any atom is 0.0434 e. The maximum atomic E-state index is 8.90. The second kappa shape index (κ2) is 7.24. The Morgan fingerprint density at radius 2 is 2.21 bits per heavy atom. The van der Waals surface area contributed by atoms with E-state index in [1.165, 1.54) is 51.7 Å². The molecule has 0 spiro atoms. The van der Waals surface area contributed by atoms with Gasteiger partial charge >= 0.3 is 0 Å². The SMILES string of the molecule is CCCCCN1CCCC(CCO)C1. The highest BCUT2D eigenvalue weighted by Gasteiger charge is 2.18. The first-order valence-electron chi connectivity index (χ1n) is 6.20. The van der Waals surface area contributed by atoms with Gasteiger partial charge in [-0.25, -0.2) is 0 Å². The van der Waals surface area contributed by atoms with Gasteiger partial charge in [-0.3, -0.25) is 0 Å². The zero-order valence-corrected chi connectivity index (χ0v) is 9.54. The van der Waals surface area contributed by atoms with Crippen LogP contribution in [0.5, 0.6) is 0 Å². The first-order chi connectivity index (χ1) is 6.86. The highest BCUT2D eigenvalue weighted by atomic mass is 16.3. The second-order valence-corrected chi connectivity index (χ2v) is 4.53. The van der Waals surface area contributed by atoms with Crippen molar-refractivity contribution in [3.63, 3.8) is 0 Å². The fraction of sp³-hybridized carbons (Fsp3) is 1.00. The van der Waals surface area contributed by atoms with Gasteiger partial charge in [0.1, 0.15) is 0 Å². The van der Waals surface area contributed by atoms with E-state index < -0.39 is 0 Å². The zero-order chi connectivity index (χ0) is 10.2. The Morgan fingerprint density at radius 1 is 1.36 bits per heavy atom. The fourth-order valence-electron chi connectivity index (χ4n) is 2.36. The third-order valence-corrected chi connectivity index (χ3v) is 3.22. The predicted octanol–water partition coefficient (Wildman–Crippen LogP) is 2.27. The summed E-state index contributed by atoms with van der Waals surface area (Å²) in [5.74, 6) is 0.760. The Morgan fingerprint density at radius 3 is 2.93 bits per heavy atom. The molecule has 2 heteroatoms. The van der Waals surface area contributed by atoms with Crippen molar-refractivity contribution in [3.8, 4) is 0 Å². The third kappa shape index (κ3) is 4.43. The second-order valence-electron chi connectivity index (χ2n) is 4.53. The van der Waals surface area contributed by atoms with E-state index in [4.69, 9.17) is 5.11 Å². The van der Waals surface area contributed by atoms with Crippen molar-refractivity contribution in [3.05, 3.63) is 0 Å². The van der Waals surface area contributed by atoms with Crippen LogP contribution in [-0.2, 0) is 0 Å². The van der Waals surface area contributed by atoms with Crippen molar-refractivity contribution in [1.29, 1.82) is 0 Å². The van der Waals surface area contributed by atoms with Gasteiger partial charge in [0.25, 0.3) is 0 Å². The van der Waals surface area contributed by atoms with E-state index in [9.17, 15) is 0 Å². The molecule has 0 aromatic carbocycles. The van der Waals surface area contributed by atoms with Crippen LogP contribution < -0.4 is 0 Å². The van der Waals surface area contributed by atoms with E-state index >= 15 is 0 Å². The van der Waals surface area contributed by atoms with E-state index in [2.05, 4.69) is 11.8 Å². The number of aliphatic hydroxyl groups excluding tert-OH is 1. The molecule has 0 saturated carbocycles. The van der Waals surface area contributed by atoms with E-state index in [0.29, 0.717) is 6.61 Å². The number of unbranched alkanes of at least 4 members (excludes halogenated alkanes) is 2. The first-order valence-corrected chi connectivity index (χ1v) is 6.20. The Bertz CT molecular complexity index is 136. The Labute approximate surface area is 88.3 Å². The van der Waals surface area contributed by atoms with Crippen LogP contribution in [0.15, 0.2) is 0 Å². The average molecular weight is 199 g/mol. The highest BCUT2D eigenvalue weighted by Crippen LogP contribution is 2.19. The molecule has 0 bridgehead atoms. The standard InChI is InChI=1S/C12H25NO/c1-2-3-4-8-13-9-5-6-12(11-13)7-10-14/h12,14H,2-11H2,1H3. The van der Waals surface area contributed by atoms with E-state index in [1.807, 2.05) is 0 Å². The fourth-order valence-corrected chi connectivity index (χ4v) is 2.36. The summed E-state index contributed by atoms with van der Waals surface area (Å²) >= 11 is 0. The van der Waals surface area contributed by atoms with Crippen LogP contribution in [0.1, 0.15) is 45.4 Å². The van der Waals surface area contributed by atoms with Crippen LogP contribution in [0, 0.1) is 5.92 Å². The summed E-state index contributed by atoms with van der Waals surface area (Å²) in [7, 11) is 0. The molecule has 2 nitrogen and oxygen atoms in total. The van der Waals surface area contributed by atoms with Crippen LogP contribution in [0.2, 0.25) is 0 Å². The molecule has 0 amide bonds. The van der Waals surface area contributed by atoms with Crippen molar-refractivity contribution in [2.75, 3.05) is 26.2 Å². The van der Waals surface area contributed by atoms with Gasteiger partial charge in [-0.1, -0.05) is 19.8 Å². The molecule has 0 aromatic heterocycles. The number of hydrogen-bond donors (Lipinski definition) is 1. The third-order valence-electron chi connectivity index (χ3n) is 3.22. The van der Waals surface area contributed by atoms with Crippen LogP contribution >= 0.6 is 0 Å². The number of piperidine rings is 1. The summed E-state index contributed by atoms with van der Waals surface area (Å²) < 4.78 is 0. The Kier molecular flexibility index (Phi) is 6.20. The van der Waals surface area contributed by atoms with Gasteiger partial charge in [-0.15, -0.1) is 0 Å². The highest BCUT2D eigenvalue weighted by molar-refractivity contribution is 4.72. The molecule has 1 fully saturated rings. The smallest absolute Gasteiger partial charge is 0.0434 e. The molecule has 1 aliphatic heterocycles. The number of likely N-dealkylation sites (tertiary alicyclic amines) is 1. The normalized spacial score (nSPS) is 24.0. The van der Waals surface area contributed by atoms with Crippen LogP contribution in [0.3, 0.4) is 0 Å². The molecule has 14 heavy (non-hydrogen) atoms. The van der Waals surface area contributed by atoms with Crippen LogP contribution in [0.25, 0.3) is 0 Å².